The maximum Gasteiger partial charge on any atom is 0.180 e. The quantitative estimate of drug-likeness (QED) is 0.794. The molecule has 2 rings (SSSR count). The van der Waals surface area contributed by atoms with Crippen LogP contribution in [-0.2, 0) is 0 Å². The number of thioether (sulfide) groups is 1. The predicted octanol–water partition coefficient (Wildman–Crippen LogP) is 2.45. The molecule has 5 heteroatoms. The Morgan fingerprint density at radius 2 is 2.37 bits per heavy atom. The van der Waals surface area contributed by atoms with Gasteiger partial charge in [0.05, 0.1) is 19.2 Å². The summed E-state index contributed by atoms with van der Waals surface area (Å²) in [7, 11) is 1.49. The maximum atomic E-state index is 13.3. The average Bonchev–Trinajstić information content (AvgIpc) is 2.41. The lowest BCUT2D eigenvalue weighted by Crippen LogP contribution is -2.43. The molecule has 1 heterocycles. The number of benzene rings is 1. The van der Waals surface area contributed by atoms with Crippen molar-refractivity contribution in [1.82, 2.24) is 4.90 Å². The van der Waals surface area contributed by atoms with Gasteiger partial charge in [-0.15, -0.1) is 0 Å². The van der Waals surface area contributed by atoms with Crippen molar-refractivity contribution < 1.29 is 13.9 Å². The van der Waals surface area contributed by atoms with E-state index >= 15 is 0 Å². The van der Waals surface area contributed by atoms with Crippen LogP contribution in [0.5, 0.6) is 5.75 Å². The Bertz CT molecular complexity index is 467. The minimum atomic E-state index is -0.411. The molecule has 104 valence electrons. The van der Waals surface area contributed by atoms with Crippen LogP contribution in [0, 0.1) is 5.82 Å². The van der Waals surface area contributed by atoms with E-state index < -0.39 is 5.82 Å². The van der Waals surface area contributed by atoms with Crippen molar-refractivity contribution in [1.29, 1.82) is 0 Å². The molecule has 3 nitrogen and oxygen atoms in total. The Hall–Kier alpha value is -1.07. The minimum absolute atomic E-state index is 0.0879. The zero-order valence-corrected chi connectivity index (χ0v) is 12.0. The van der Waals surface area contributed by atoms with E-state index in [2.05, 4.69) is 11.8 Å². The number of rotatable bonds is 4. The van der Waals surface area contributed by atoms with Gasteiger partial charge in [0.15, 0.2) is 5.78 Å². The summed E-state index contributed by atoms with van der Waals surface area (Å²) in [5.41, 5.74) is 0.327. The lowest BCUT2D eigenvalue weighted by molar-refractivity contribution is 0.0907. The van der Waals surface area contributed by atoms with E-state index in [1.165, 1.54) is 25.3 Å². The van der Waals surface area contributed by atoms with Crippen molar-refractivity contribution in [2.24, 2.45) is 0 Å². The SMILES string of the molecule is COc1ccc(F)cc1C(=O)CN1CCSCC1C. The molecular formula is C14H18FNO2S. The molecule has 0 N–H and O–H groups in total. The van der Waals surface area contributed by atoms with Gasteiger partial charge < -0.3 is 4.74 Å². The van der Waals surface area contributed by atoms with Gasteiger partial charge >= 0.3 is 0 Å². The molecule has 1 aliphatic heterocycles. The fourth-order valence-corrected chi connectivity index (χ4v) is 3.25. The van der Waals surface area contributed by atoms with Gasteiger partial charge in [0, 0.05) is 24.1 Å². The van der Waals surface area contributed by atoms with Gasteiger partial charge in [0.1, 0.15) is 11.6 Å². The van der Waals surface area contributed by atoms with Crippen LogP contribution >= 0.6 is 11.8 Å². The average molecular weight is 283 g/mol. The van der Waals surface area contributed by atoms with Gasteiger partial charge in [0.25, 0.3) is 0 Å². The summed E-state index contributed by atoms with van der Waals surface area (Å²) in [5, 5.41) is 0. The van der Waals surface area contributed by atoms with E-state index in [4.69, 9.17) is 4.74 Å². The van der Waals surface area contributed by atoms with Crippen molar-refractivity contribution in [2.75, 3.05) is 31.7 Å². The summed E-state index contributed by atoms with van der Waals surface area (Å²) < 4.78 is 18.4. The highest BCUT2D eigenvalue weighted by Gasteiger charge is 2.23. The van der Waals surface area contributed by atoms with Gasteiger partial charge in [-0.1, -0.05) is 0 Å². The standard InChI is InChI=1S/C14H18FNO2S/c1-10-9-19-6-5-16(10)8-13(17)12-7-11(15)3-4-14(12)18-2/h3-4,7,10H,5-6,8-9H2,1-2H3. The Morgan fingerprint density at radius 3 is 3.05 bits per heavy atom. The third-order valence-electron chi connectivity index (χ3n) is 3.31. The summed E-state index contributed by atoms with van der Waals surface area (Å²) in [6.07, 6.45) is 0. The van der Waals surface area contributed by atoms with Gasteiger partial charge in [0.2, 0.25) is 0 Å². The lowest BCUT2D eigenvalue weighted by Gasteiger charge is -2.32. The van der Waals surface area contributed by atoms with Crippen molar-refractivity contribution in [3.63, 3.8) is 0 Å². The van der Waals surface area contributed by atoms with Crippen LogP contribution in [0.25, 0.3) is 0 Å². The number of carbonyl (C=O) groups excluding carboxylic acids is 1. The van der Waals surface area contributed by atoms with Crippen LogP contribution in [-0.4, -0.2) is 48.4 Å². The van der Waals surface area contributed by atoms with Gasteiger partial charge in [-0.3, -0.25) is 9.69 Å². The number of carbonyl (C=O) groups is 1. The molecule has 0 radical (unpaired) electrons. The zero-order chi connectivity index (χ0) is 13.8. The first-order chi connectivity index (χ1) is 9.11. The molecule has 0 amide bonds. The second-order valence-corrected chi connectivity index (χ2v) is 5.81. The Morgan fingerprint density at radius 1 is 1.58 bits per heavy atom. The van der Waals surface area contributed by atoms with Crippen molar-refractivity contribution in [3.05, 3.63) is 29.6 Å². The Kier molecular flexibility index (Phi) is 4.82. The molecule has 1 aromatic carbocycles. The molecule has 0 aromatic heterocycles. The van der Waals surface area contributed by atoms with E-state index in [0.29, 0.717) is 23.9 Å². The van der Waals surface area contributed by atoms with E-state index in [1.807, 2.05) is 11.8 Å². The number of hydrogen-bond donors (Lipinski definition) is 0. The second kappa shape index (κ2) is 6.39. The van der Waals surface area contributed by atoms with Crippen molar-refractivity contribution in [3.8, 4) is 5.75 Å². The summed E-state index contributed by atoms with van der Waals surface area (Å²) in [5.74, 6) is 2.01. The summed E-state index contributed by atoms with van der Waals surface area (Å²) in [6.45, 7) is 3.33. The van der Waals surface area contributed by atoms with E-state index in [-0.39, 0.29) is 5.78 Å². The summed E-state index contributed by atoms with van der Waals surface area (Å²) >= 11 is 1.90. The minimum Gasteiger partial charge on any atom is -0.496 e. The topological polar surface area (TPSA) is 29.5 Å². The summed E-state index contributed by atoms with van der Waals surface area (Å²) in [4.78, 5) is 14.4. The Balaban J connectivity index is 2.13. The third kappa shape index (κ3) is 3.48. The largest absolute Gasteiger partial charge is 0.496 e. The molecule has 1 fully saturated rings. The Labute approximate surface area is 117 Å². The van der Waals surface area contributed by atoms with Crippen LogP contribution < -0.4 is 4.74 Å². The molecule has 0 spiro atoms. The first kappa shape index (κ1) is 14.3. The number of nitrogens with zero attached hydrogens (tertiary/aromatic N) is 1. The molecule has 1 aliphatic rings. The third-order valence-corrected chi connectivity index (χ3v) is 4.50. The van der Waals surface area contributed by atoms with Gasteiger partial charge in [-0.05, 0) is 25.1 Å². The molecule has 1 aromatic rings. The summed E-state index contributed by atoms with van der Waals surface area (Å²) in [6, 6.07) is 4.43. The van der Waals surface area contributed by atoms with Crippen molar-refractivity contribution >= 4 is 17.5 Å². The highest BCUT2D eigenvalue weighted by molar-refractivity contribution is 7.99. The van der Waals surface area contributed by atoms with Crippen LogP contribution in [0.3, 0.4) is 0 Å². The van der Waals surface area contributed by atoms with Crippen LogP contribution in [0.4, 0.5) is 4.39 Å². The predicted molar refractivity (Wildman–Crippen MR) is 75.6 cm³/mol. The van der Waals surface area contributed by atoms with E-state index in [9.17, 15) is 9.18 Å². The number of hydrogen-bond acceptors (Lipinski definition) is 4. The maximum absolute atomic E-state index is 13.3. The van der Waals surface area contributed by atoms with Crippen LogP contribution in [0.1, 0.15) is 17.3 Å². The smallest absolute Gasteiger partial charge is 0.180 e. The van der Waals surface area contributed by atoms with Gasteiger partial charge in [-0.2, -0.15) is 11.8 Å². The first-order valence-electron chi connectivity index (χ1n) is 6.30. The zero-order valence-electron chi connectivity index (χ0n) is 11.2. The highest BCUT2D eigenvalue weighted by Crippen LogP contribution is 2.22. The van der Waals surface area contributed by atoms with E-state index in [1.54, 1.807) is 0 Å². The molecule has 0 aliphatic carbocycles. The fourth-order valence-electron chi connectivity index (χ4n) is 2.16. The first-order valence-corrected chi connectivity index (χ1v) is 7.46. The monoisotopic (exact) mass is 283 g/mol. The van der Waals surface area contributed by atoms with Gasteiger partial charge in [-0.25, -0.2) is 4.39 Å². The number of ketones is 1. The van der Waals surface area contributed by atoms with Crippen molar-refractivity contribution in [2.45, 2.75) is 13.0 Å². The van der Waals surface area contributed by atoms with E-state index in [0.717, 1.165) is 18.1 Å². The molecule has 1 unspecified atom stereocenters. The number of methoxy groups -OCH3 is 1. The molecule has 0 saturated carbocycles. The fraction of sp³-hybridized carbons (Fsp3) is 0.500. The molecule has 1 saturated heterocycles. The molecule has 19 heavy (non-hydrogen) atoms. The lowest BCUT2D eigenvalue weighted by atomic mass is 10.1. The molecular weight excluding hydrogens is 265 g/mol. The normalized spacial score (nSPS) is 20.3. The number of ether oxygens (including phenoxy) is 1. The highest BCUT2D eigenvalue weighted by atomic mass is 32.2. The van der Waals surface area contributed by atoms with Crippen LogP contribution in [0.15, 0.2) is 18.2 Å². The molecule has 0 bridgehead atoms. The second-order valence-electron chi connectivity index (χ2n) is 4.66. The van der Waals surface area contributed by atoms with Crippen LogP contribution in [0.2, 0.25) is 0 Å². The number of halogens is 1. The molecule has 1 atom stereocenters. The number of Topliss-reactive ketones (excluding diaryl/α,β-unsaturated/α-hetero) is 1.